The Labute approximate surface area is 160 Å². The molecule has 2 aromatic heterocycles. The lowest BCUT2D eigenvalue weighted by Gasteiger charge is -2.13. The number of anilines is 1. The number of rotatable bonds is 5. The van der Waals surface area contributed by atoms with E-state index in [1.807, 2.05) is 6.07 Å². The van der Waals surface area contributed by atoms with Gasteiger partial charge >= 0.3 is 0 Å². The lowest BCUT2D eigenvalue weighted by molar-refractivity contribution is 0.587. The fourth-order valence-electron chi connectivity index (χ4n) is 3.27. The number of aromatic nitrogens is 2. The van der Waals surface area contributed by atoms with Gasteiger partial charge in [0.1, 0.15) is 11.5 Å². The van der Waals surface area contributed by atoms with E-state index in [0.29, 0.717) is 12.0 Å². The van der Waals surface area contributed by atoms with Crippen LogP contribution in [0.25, 0.3) is 32.9 Å². The molecule has 2 N–H and O–H groups in total. The van der Waals surface area contributed by atoms with Crippen LogP contribution < -0.4 is 4.72 Å². The van der Waals surface area contributed by atoms with Crippen molar-refractivity contribution in [2.75, 3.05) is 10.5 Å². The molecule has 2 heterocycles. The Morgan fingerprint density at radius 3 is 2.71 bits per heavy atom. The zero-order valence-corrected chi connectivity index (χ0v) is 15.8. The molecule has 2 aromatic carbocycles. The second kappa shape index (κ2) is 6.87. The SMILES string of the molecule is CCCS(=O)(=O)Nc1ccc(F)c(-c2ccc3c(cnc4[nH]ccc43)c2)c1F. The zero-order chi connectivity index (χ0) is 19.9. The standard InChI is InChI=1S/C20H17F2N3O2S/c1-2-9-28(26,27)25-17-6-5-16(21)18(19(17)22)12-3-4-14-13(10-12)11-24-20-15(14)7-8-23-20/h3-8,10-11,25H,2,9H2,1H3,(H,23,24). The highest BCUT2D eigenvalue weighted by atomic mass is 32.2. The highest BCUT2D eigenvalue weighted by molar-refractivity contribution is 7.92. The minimum atomic E-state index is -3.70. The van der Waals surface area contributed by atoms with Crippen molar-refractivity contribution in [1.29, 1.82) is 0 Å². The first-order valence-corrected chi connectivity index (χ1v) is 10.4. The topological polar surface area (TPSA) is 74.8 Å². The van der Waals surface area contributed by atoms with Gasteiger partial charge in [-0.2, -0.15) is 0 Å². The van der Waals surface area contributed by atoms with Crippen molar-refractivity contribution in [3.8, 4) is 11.1 Å². The molecule has 8 heteroatoms. The first kappa shape index (κ1) is 18.4. The van der Waals surface area contributed by atoms with E-state index in [-0.39, 0.29) is 17.0 Å². The smallest absolute Gasteiger partial charge is 0.232 e. The first-order chi connectivity index (χ1) is 13.4. The van der Waals surface area contributed by atoms with Crippen molar-refractivity contribution >= 4 is 37.5 Å². The van der Waals surface area contributed by atoms with Crippen molar-refractivity contribution in [3.05, 3.63) is 60.4 Å². The Hall–Kier alpha value is -3.00. The minimum Gasteiger partial charge on any atom is -0.346 e. The Bertz CT molecular complexity index is 1300. The number of hydrogen-bond acceptors (Lipinski definition) is 3. The van der Waals surface area contributed by atoms with E-state index in [4.69, 9.17) is 0 Å². The van der Waals surface area contributed by atoms with Crippen molar-refractivity contribution in [2.24, 2.45) is 0 Å². The second-order valence-corrected chi connectivity index (χ2v) is 8.35. The first-order valence-electron chi connectivity index (χ1n) is 8.74. The molecule has 28 heavy (non-hydrogen) atoms. The molecule has 0 unspecified atom stereocenters. The molecule has 0 fully saturated rings. The van der Waals surface area contributed by atoms with Crippen LogP contribution in [0.15, 0.2) is 48.8 Å². The van der Waals surface area contributed by atoms with Gasteiger partial charge in [-0.3, -0.25) is 4.72 Å². The predicted octanol–water partition coefficient (Wildman–Crippen LogP) is 4.81. The number of fused-ring (bicyclic) bond motifs is 3. The van der Waals surface area contributed by atoms with Gasteiger partial charge in [0.25, 0.3) is 0 Å². The summed E-state index contributed by atoms with van der Waals surface area (Å²) in [5.74, 6) is -1.87. The van der Waals surface area contributed by atoms with Crippen LogP contribution in [0, 0.1) is 11.6 Å². The molecule has 0 amide bonds. The molecule has 4 aromatic rings. The summed E-state index contributed by atoms with van der Waals surface area (Å²) in [6, 6.07) is 9.05. The van der Waals surface area contributed by atoms with Gasteiger partial charge in [-0.25, -0.2) is 22.2 Å². The van der Waals surface area contributed by atoms with Gasteiger partial charge in [0, 0.05) is 23.2 Å². The monoisotopic (exact) mass is 401 g/mol. The number of halogens is 2. The van der Waals surface area contributed by atoms with Crippen LogP contribution in [0.1, 0.15) is 13.3 Å². The normalized spacial score (nSPS) is 12.0. The van der Waals surface area contributed by atoms with Crippen LogP contribution in [0.4, 0.5) is 14.5 Å². The predicted molar refractivity (Wildman–Crippen MR) is 107 cm³/mol. The molecule has 0 atom stereocenters. The van der Waals surface area contributed by atoms with E-state index in [9.17, 15) is 12.8 Å². The molecule has 0 saturated heterocycles. The number of benzene rings is 2. The van der Waals surface area contributed by atoms with Crippen LogP contribution in [0.3, 0.4) is 0 Å². The molecule has 144 valence electrons. The number of sulfonamides is 1. The van der Waals surface area contributed by atoms with Crippen molar-refractivity contribution < 1.29 is 17.2 Å². The molecule has 5 nitrogen and oxygen atoms in total. The van der Waals surface area contributed by atoms with Crippen molar-refractivity contribution in [2.45, 2.75) is 13.3 Å². The van der Waals surface area contributed by atoms with Crippen LogP contribution in [-0.4, -0.2) is 24.1 Å². The fourth-order valence-corrected chi connectivity index (χ4v) is 4.40. The zero-order valence-electron chi connectivity index (χ0n) is 15.0. The van der Waals surface area contributed by atoms with Crippen LogP contribution in [0.5, 0.6) is 0 Å². The summed E-state index contributed by atoms with van der Waals surface area (Å²) >= 11 is 0. The van der Waals surface area contributed by atoms with Gasteiger partial charge in [-0.1, -0.05) is 19.1 Å². The largest absolute Gasteiger partial charge is 0.346 e. The summed E-state index contributed by atoms with van der Waals surface area (Å²) in [5.41, 5.74) is 0.470. The highest BCUT2D eigenvalue weighted by Crippen LogP contribution is 2.34. The molecule has 0 spiro atoms. The van der Waals surface area contributed by atoms with E-state index < -0.39 is 21.7 Å². The van der Waals surface area contributed by atoms with E-state index in [0.717, 1.165) is 33.9 Å². The Morgan fingerprint density at radius 2 is 1.93 bits per heavy atom. The quantitative estimate of drug-likeness (QED) is 0.504. The van der Waals surface area contributed by atoms with Gasteiger partial charge in [0.2, 0.25) is 10.0 Å². The Morgan fingerprint density at radius 1 is 1.11 bits per heavy atom. The summed E-state index contributed by atoms with van der Waals surface area (Å²) < 4.78 is 55.6. The lowest BCUT2D eigenvalue weighted by Crippen LogP contribution is -2.17. The van der Waals surface area contributed by atoms with Crippen molar-refractivity contribution in [3.63, 3.8) is 0 Å². The van der Waals surface area contributed by atoms with E-state index in [2.05, 4.69) is 14.7 Å². The maximum Gasteiger partial charge on any atom is 0.232 e. The number of nitrogens with zero attached hydrogens (tertiary/aromatic N) is 1. The summed E-state index contributed by atoms with van der Waals surface area (Å²) in [5, 5.41) is 2.53. The molecule has 0 aliphatic rings. The maximum atomic E-state index is 15.0. The molecule has 0 bridgehead atoms. The Kier molecular flexibility index (Phi) is 4.50. The van der Waals surface area contributed by atoms with E-state index in [1.54, 1.807) is 37.5 Å². The molecular weight excluding hydrogens is 384 g/mol. The summed E-state index contributed by atoms with van der Waals surface area (Å²) in [7, 11) is -3.70. The number of pyridine rings is 1. The third-order valence-electron chi connectivity index (χ3n) is 4.52. The summed E-state index contributed by atoms with van der Waals surface area (Å²) in [4.78, 5) is 7.32. The van der Waals surface area contributed by atoms with E-state index in [1.165, 1.54) is 0 Å². The third kappa shape index (κ3) is 3.20. The number of hydrogen-bond donors (Lipinski definition) is 2. The number of H-pyrrole nitrogens is 1. The van der Waals surface area contributed by atoms with Gasteiger partial charge in [0.05, 0.1) is 17.0 Å². The number of nitrogens with one attached hydrogen (secondary N) is 2. The molecule has 0 radical (unpaired) electrons. The minimum absolute atomic E-state index is 0.145. The molecule has 0 aliphatic carbocycles. The highest BCUT2D eigenvalue weighted by Gasteiger charge is 2.19. The summed E-state index contributed by atoms with van der Waals surface area (Å²) in [6.07, 6.45) is 3.79. The fraction of sp³-hybridized carbons (Fsp3) is 0.150. The van der Waals surface area contributed by atoms with Gasteiger partial charge in [-0.15, -0.1) is 0 Å². The van der Waals surface area contributed by atoms with E-state index >= 15 is 4.39 Å². The summed E-state index contributed by atoms with van der Waals surface area (Å²) in [6.45, 7) is 1.70. The average molecular weight is 401 g/mol. The molecule has 0 aliphatic heterocycles. The lowest BCUT2D eigenvalue weighted by atomic mass is 9.99. The third-order valence-corrected chi connectivity index (χ3v) is 5.99. The van der Waals surface area contributed by atoms with Crippen LogP contribution in [0.2, 0.25) is 0 Å². The average Bonchev–Trinajstić information content (AvgIpc) is 3.13. The maximum absolute atomic E-state index is 15.0. The van der Waals surface area contributed by atoms with Gasteiger partial charge < -0.3 is 4.98 Å². The van der Waals surface area contributed by atoms with Crippen LogP contribution in [-0.2, 0) is 10.0 Å². The molecular formula is C20H17F2N3O2S. The van der Waals surface area contributed by atoms with Crippen LogP contribution >= 0.6 is 0 Å². The van der Waals surface area contributed by atoms with Crippen molar-refractivity contribution in [1.82, 2.24) is 9.97 Å². The number of aromatic amines is 1. The second-order valence-electron chi connectivity index (χ2n) is 6.51. The molecule has 0 saturated carbocycles. The molecule has 4 rings (SSSR count). The Balaban J connectivity index is 1.84. The van der Waals surface area contributed by atoms with Gasteiger partial charge in [-0.05, 0) is 41.6 Å². The van der Waals surface area contributed by atoms with Gasteiger partial charge in [0.15, 0.2) is 5.82 Å².